The minimum atomic E-state index is -0.511. The summed E-state index contributed by atoms with van der Waals surface area (Å²) in [4.78, 5) is 22.2. The molecule has 0 unspecified atom stereocenters. The minimum absolute atomic E-state index is 0.0663. The van der Waals surface area contributed by atoms with Crippen LogP contribution in [0.3, 0.4) is 0 Å². The molecular formula is C18H19ClFN3O2. The van der Waals surface area contributed by atoms with Crippen LogP contribution in [0.5, 0.6) is 0 Å². The van der Waals surface area contributed by atoms with E-state index in [1.807, 2.05) is 20.8 Å². The lowest BCUT2D eigenvalue weighted by molar-refractivity contribution is 0.00752. The molecule has 132 valence electrons. The Morgan fingerprint density at radius 2 is 1.92 bits per heavy atom. The summed E-state index contributed by atoms with van der Waals surface area (Å²) in [5.74, 6) is 0.290. The van der Waals surface area contributed by atoms with Gasteiger partial charge in [0.1, 0.15) is 17.2 Å². The van der Waals surface area contributed by atoms with E-state index < -0.39 is 11.4 Å². The third-order valence-electron chi connectivity index (χ3n) is 3.81. The first kappa shape index (κ1) is 17.6. The van der Waals surface area contributed by atoms with Crippen molar-refractivity contribution in [3.05, 3.63) is 47.3 Å². The summed E-state index contributed by atoms with van der Waals surface area (Å²) in [7, 11) is 0. The molecule has 1 aliphatic rings. The summed E-state index contributed by atoms with van der Waals surface area (Å²) in [5.41, 5.74) is 0.476. The predicted molar refractivity (Wildman–Crippen MR) is 93.0 cm³/mol. The molecule has 0 radical (unpaired) electrons. The smallest absolute Gasteiger partial charge is 0.410 e. The molecule has 1 saturated heterocycles. The standard InChI is InChI=1S/C18H19ClFN3O2/c1-18(2,3)25-17(24)23-9-12(10-23)16-21-7-11(8-22-16)14-5-4-13(19)6-15(14)20/h4-8,12H,9-10H2,1-3H3. The third-order valence-corrected chi connectivity index (χ3v) is 4.05. The highest BCUT2D eigenvalue weighted by molar-refractivity contribution is 6.30. The van der Waals surface area contributed by atoms with E-state index in [4.69, 9.17) is 16.3 Å². The summed E-state index contributed by atoms with van der Waals surface area (Å²) in [6.45, 7) is 6.53. The molecule has 3 rings (SSSR count). The Labute approximate surface area is 150 Å². The molecule has 25 heavy (non-hydrogen) atoms. The fourth-order valence-electron chi connectivity index (χ4n) is 2.53. The molecule has 1 aromatic heterocycles. The maximum absolute atomic E-state index is 13.9. The minimum Gasteiger partial charge on any atom is -0.444 e. The van der Waals surface area contributed by atoms with Gasteiger partial charge in [0.25, 0.3) is 0 Å². The average molecular weight is 364 g/mol. The molecule has 7 heteroatoms. The van der Waals surface area contributed by atoms with Crippen LogP contribution in [-0.4, -0.2) is 39.7 Å². The zero-order chi connectivity index (χ0) is 18.2. The van der Waals surface area contributed by atoms with Crippen molar-refractivity contribution in [3.63, 3.8) is 0 Å². The van der Waals surface area contributed by atoms with Crippen molar-refractivity contribution in [1.29, 1.82) is 0 Å². The van der Waals surface area contributed by atoms with Crippen LogP contribution in [-0.2, 0) is 4.74 Å². The van der Waals surface area contributed by atoms with Crippen LogP contribution >= 0.6 is 11.6 Å². The molecule has 1 aliphatic heterocycles. The predicted octanol–water partition coefficient (Wildman–Crippen LogP) is 4.27. The maximum Gasteiger partial charge on any atom is 0.410 e. The number of amides is 1. The fourth-order valence-corrected chi connectivity index (χ4v) is 2.69. The molecule has 1 amide bonds. The molecular weight excluding hydrogens is 345 g/mol. The van der Waals surface area contributed by atoms with E-state index >= 15 is 0 Å². The lowest BCUT2D eigenvalue weighted by Crippen LogP contribution is -2.50. The Kier molecular flexibility index (Phi) is 4.64. The first-order chi connectivity index (χ1) is 11.7. The maximum atomic E-state index is 13.9. The van der Waals surface area contributed by atoms with E-state index in [-0.39, 0.29) is 12.0 Å². The van der Waals surface area contributed by atoms with Crippen LogP contribution in [0.1, 0.15) is 32.5 Å². The normalized spacial score (nSPS) is 15.0. The van der Waals surface area contributed by atoms with Crippen molar-refractivity contribution in [1.82, 2.24) is 14.9 Å². The number of aromatic nitrogens is 2. The van der Waals surface area contributed by atoms with Crippen molar-refractivity contribution in [2.24, 2.45) is 0 Å². The Morgan fingerprint density at radius 1 is 1.28 bits per heavy atom. The molecule has 2 heterocycles. The van der Waals surface area contributed by atoms with Gasteiger partial charge in [0.2, 0.25) is 0 Å². The number of likely N-dealkylation sites (tertiary alicyclic amines) is 1. The highest BCUT2D eigenvalue weighted by atomic mass is 35.5. The summed E-state index contributed by atoms with van der Waals surface area (Å²) in [6, 6.07) is 4.48. The average Bonchev–Trinajstić information content (AvgIpc) is 2.45. The van der Waals surface area contributed by atoms with E-state index in [2.05, 4.69) is 9.97 Å². The van der Waals surface area contributed by atoms with Crippen LogP contribution in [0.2, 0.25) is 5.02 Å². The lowest BCUT2D eigenvalue weighted by atomic mass is 9.99. The van der Waals surface area contributed by atoms with Crippen molar-refractivity contribution < 1.29 is 13.9 Å². The topological polar surface area (TPSA) is 55.3 Å². The van der Waals surface area contributed by atoms with Gasteiger partial charge >= 0.3 is 6.09 Å². The molecule has 2 aromatic rings. The molecule has 0 N–H and O–H groups in total. The summed E-state index contributed by atoms with van der Waals surface area (Å²) in [6.07, 6.45) is 2.85. The zero-order valence-electron chi connectivity index (χ0n) is 14.3. The van der Waals surface area contributed by atoms with Gasteiger partial charge in [0.15, 0.2) is 0 Å². The van der Waals surface area contributed by atoms with Gasteiger partial charge < -0.3 is 9.64 Å². The summed E-state index contributed by atoms with van der Waals surface area (Å²) >= 11 is 5.76. The third kappa shape index (κ3) is 4.07. The highest BCUT2D eigenvalue weighted by Gasteiger charge is 2.36. The first-order valence-electron chi connectivity index (χ1n) is 7.98. The van der Waals surface area contributed by atoms with Crippen LogP contribution in [0.25, 0.3) is 11.1 Å². The molecule has 0 saturated carbocycles. The number of halogens is 2. The van der Waals surface area contributed by atoms with E-state index in [1.54, 1.807) is 29.4 Å². The molecule has 1 fully saturated rings. The quantitative estimate of drug-likeness (QED) is 0.799. The molecule has 5 nitrogen and oxygen atoms in total. The van der Waals surface area contributed by atoms with Crippen molar-refractivity contribution in [3.8, 4) is 11.1 Å². The van der Waals surface area contributed by atoms with E-state index in [1.165, 1.54) is 6.07 Å². The van der Waals surface area contributed by atoms with Gasteiger partial charge in [-0.3, -0.25) is 0 Å². The number of carbonyl (C=O) groups is 1. The van der Waals surface area contributed by atoms with Crippen LogP contribution in [0.15, 0.2) is 30.6 Å². The van der Waals surface area contributed by atoms with Gasteiger partial charge in [0, 0.05) is 41.6 Å². The van der Waals surface area contributed by atoms with E-state index in [0.29, 0.717) is 35.1 Å². The van der Waals surface area contributed by atoms with Crippen LogP contribution in [0, 0.1) is 5.82 Å². The highest BCUT2D eigenvalue weighted by Crippen LogP contribution is 2.28. The number of ether oxygens (including phenoxy) is 1. The van der Waals surface area contributed by atoms with Gasteiger partial charge in [-0.15, -0.1) is 0 Å². The Bertz CT molecular complexity index is 784. The number of rotatable bonds is 2. The monoisotopic (exact) mass is 363 g/mol. The van der Waals surface area contributed by atoms with Crippen LogP contribution in [0.4, 0.5) is 9.18 Å². The Morgan fingerprint density at radius 3 is 2.48 bits per heavy atom. The Hall–Kier alpha value is -2.21. The van der Waals surface area contributed by atoms with Gasteiger partial charge in [-0.2, -0.15) is 0 Å². The van der Waals surface area contributed by atoms with Gasteiger partial charge in [-0.25, -0.2) is 19.2 Å². The van der Waals surface area contributed by atoms with Gasteiger partial charge in [-0.05, 0) is 39.0 Å². The van der Waals surface area contributed by atoms with Crippen molar-refractivity contribution in [2.45, 2.75) is 32.3 Å². The molecule has 0 bridgehead atoms. The summed E-state index contributed by atoms with van der Waals surface area (Å²) in [5, 5.41) is 0.343. The molecule has 0 atom stereocenters. The number of hydrogen-bond donors (Lipinski definition) is 0. The summed E-state index contributed by atoms with van der Waals surface area (Å²) < 4.78 is 19.3. The van der Waals surface area contributed by atoms with Crippen molar-refractivity contribution >= 4 is 17.7 Å². The van der Waals surface area contributed by atoms with Gasteiger partial charge in [0.05, 0.1) is 5.92 Å². The second-order valence-electron chi connectivity index (χ2n) is 7.04. The number of hydrogen-bond acceptors (Lipinski definition) is 4. The molecule has 0 spiro atoms. The SMILES string of the molecule is CC(C)(C)OC(=O)N1CC(c2ncc(-c3ccc(Cl)cc3F)cn2)C1. The second-order valence-corrected chi connectivity index (χ2v) is 7.47. The van der Waals surface area contributed by atoms with Crippen LogP contribution < -0.4 is 0 Å². The first-order valence-corrected chi connectivity index (χ1v) is 8.36. The largest absolute Gasteiger partial charge is 0.444 e. The van der Waals surface area contributed by atoms with Gasteiger partial charge in [-0.1, -0.05) is 11.6 Å². The zero-order valence-corrected chi connectivity index (χ0v) is 15.0. The van der Waals surface area contributed by atoms with E-state index in [9.17, 15) is 9.18 Å². The fraction of sp³-hybridized carbons (Fsp3) is 0.389. The number of nitrogens with zero attached hydrogens (tertiary/aromatic N) is 3. The van der Waals surface area contributed by atoms with E-state index in [0.717, 1.165) is 0 Å². The Balaban J connectivity index is 1.64. The second kappa shape index (κ2) is 6.59. The molecule has 0 aliphatic carbocycles. The number of benzene rings is 1. The lowest BCUT2D eigenvalue weighted by Gasteiger charge is -2.38. The number of carbonyl (C=O) groups excluding carboxylic acids is 1. The van der Waals surface area contributed by atoms with Crippen molar-refractivity contribution in [2.75, 3.05) is 13.1 Å². The molecule has 1 aromatic carbocycles.